The molecule has 34 heavy (non-hydrogen) atoms. The van der Waals surface area contributed by atoms with Crippen molar-refractivity contribution in [1.29, 1.82) is 0 Å². The summed E-state index contributed by atoms with van der Waals surface area (Å²) in [7, 11) is 0. The Morgan fingerprint density at radius 1 is 1.18 bits per heavy atom. The van der Waals surface area contributed by atoms with Crippen LogP contribution >= 0.6 is 0 Å². The van der Waals surface area contributed by atoms with E-state index in [-0.39, 0.29) is 5.56 Å². The summed E-state index contributed by atoms with van der Waals surface area (Å²) in [5.74, 6) is 0.763. The molecule has 0 unspecified atom stereocenters. The molecule has 4 rings (SSSR count). The molecular formula is C28H35FN4O. The van der Waals surface area contributed by atoms with Gasteiger partial charge in [-0.1, -0.05) is 52.0 Å². The van der Waals surface area contributed by atoms with Gasteiger partial charge in [-0.15, -0.1) is 0 Å². The van der Waals surface area contributed by atoms with Gasteiger partial charge in [-0.05, 0) is 73.3 Å². The van der Waals surface area contributed by atoms with Gasteiger partial charge in [-0.3, -0.25) is 9.36 Å². The number of nitrogens with zero attached hydrogens (tertiary/aromatic N) is 3. The van der Waals surface area contributed by atoms with Crippen molar-refractivity contribution in [1.82, 2.24) is 14.5 Å². The second-order valence-corrected chi connectivity index (χ2v) is 9.29. The number of anilines is 1. The Labute approximate surface area is 201 Å². The van der Waals surface area contributed by atoms with Crippen LogP contribution in [0.25, 0.3) is 22.6 Å². The van der Waals surface area contributed by atoms with Crippen molar-refractivity contribution in [3.63, 3.8) is 0 Å². The van der Waals surface area contributed by atoms with Crippen LogP contribution in [0.5, 0.6) is 0 Å². The first kappa shape index (κ1) is 24.1. The Bertz CT molecular complexity index is 1240. The highest BCUT2D eigenvalue weighted by Gasteiger charge is 2.22. The van der Waals surface area contributed by atoms with Crippen LogP contribution in [0.15, 0.2) is 41.2 Å². The number of hydrogen-bond donors (Lipinski definition) is 1. The summed E-state index contributed by atoms with van der Waals surface area (Å²) >= 11 is 0. The molecule has 2 heterocycles. The Kier molecular flexibility index (Phi) is 7.47. The van der Waals surface area contributed by atoms with Crippen LogP contribution in [0.3, 0.4) is 0 Å². The molecule has 1 aliphatic heterocycles. The zero-order valence-corrected chi connectivity index (χ0v) is 20.7. The van der Waals surface area contributed by atoms with Gasteiger partial charge in [0, 0.05) is 13.1 Å². The normalized spacial score (nSPS) is 14.5. The summed E-state index contributed by atoms with van der Waals surface area (Å²) in [6.07, 6.45) is 3.77. The number of allylic oxidation sites excluding steroid dienone is 1. The lowest BCUT2D eigenvalue weighted by Crippen LogP contribution is -2.25. The lowest BCUT2D eigenvalue weighted by molar-refractivity contribution is 0.303. The van der Waals surface area contributed by atoms with E-state index in [2.05, 4.69) is 68.3 Å². The largest absolute Gasteiger partial charge is 0.383 e. The van der Waals surface area contributed by atoms with E-state index in [1.807, 2.05) is 0 Å². The highest BCUT2D eigenvalue weighted by molar-refractivity contribution is 5.86. The van der Waals surface area contributed by atoms with E-state index in [0.717, 1.165) is 43.6 Å². The molecule has 6 heteroatoms. The Morgan fingerprint density at radius 2 is 1.91 bits per heavy atom. The average Bonchev–Trinajstić information content (AvgIpc) is 3.23. The van der Waals surface area contributed by atoms with E-state index in [9.17, 15) is 9.18 Å². The second-order valence-electron chi connectivity index (χ2n) is 9.29. The number of fused-ring (bicyclic) bond motifs is 2. The minimum atomic E-state index is -0.409. The van der Waals surface area contributed by atoms with Crippen LogP contribution in [0.4, 0.5) is 10.1 Å². The third-order valence-corrected chi connectivity index (χ3v) is 6.74. The van der Waals surface area contributed by atoms with Gasteiger partial charge in [0.15, 0.2) is 0 Å². The SMILES string of the molecule is CCN(CC)CCCNc1cc2nc3n(c(=O)c2cc1F)CCC3=Cc1ccc(C(C)C)cc1. The molecule has 0 aliphatic carbocycles. The van der Waals surface area contributed by atoms with Crippen molar-refractivity contribution in [2.75, 3.05) is 31.5 Å². The molecule has 5 nitrogen and oxygen atoms in total. The molecule has 0 saturated carbocycles. The molecule has 0 bridgehead atoms. The van der Waals surface area contributed by atoms with Crippen LogP contribution in [-0.2, 0) is 6.54 Å². The zero-order chi connectivity index (χ0) is 24.2. The Balaban J connectivity index is 1.60. The van der Waals surface area contributed by atoms with Crippen LogP contribution in [-0.4, -0.2) is 40.6 Å². The van der Waals surface area contributed by atoms with Gasteiger partial charge in [0.1, 0.15) is 11.6 Å². The van der Waals surface area contributed by atoms with Gasteiger partial charge in [-0.2, -0.15) is 0 Å². The third kappa shape index (κ3) is 5.07. The number of halogens is 1. The van der Waals surface area contributed by atoms with Crippen LogP contribution in [0.1, 0.15) is 63.4 Å². The molecule has 180 valence electrons. The minimum absolute atomic E-state index is 0.175. The van der Waals surface area contributed by atoms with Gasteiger partial charge in [0.25, 0.3) is 5.56 Å². The summed E-state index contributed by atoms with van der Waals surface area (Å²) < 4.78 is 16.4. The van der Waals surface area contributed by atoms with Crippen molar-refractivity contribution < 1.29 is 4.39 Å². The topological polar surface area (TPSA) is 50.2 Å². The Morgan fingerprint density at radius 3 is 2.59 bits per heavy atom. The zero-order valence-electron chi connectivity index (χ0n) is 20.7. The molecule has 0 saturated heterocycles. The van der Waals surface area contributed by atoms with E-state index >= 15 is 0 Å². The summed E-state index contributed by atoms with van der Waals surface area (Å²) in [5.41, 5.74) is 4.19. The quantitative estimate of drug-likeness (QED) is 0.412. The van der Waals surface area contributed by atoms with Crippen LogP contribution in [0.2, 0.25) is 0 Å². The molecule has 0 amide bonds. The lowest BCUT2D eigenvalue weighted by Gasteiger charge is -2.18. The fraction of sp³-hybridized carbons (Fsp3) is 0.429. The first-order chi connectivity index (χ1) is 16.4. The van der Waals surface area contributed by atoms with Gasteiger partial charge >= 0.3 is 0 Å². The van der Waals surface area contributed by atoms with E-state index in [1.54, 1.807) is 10.6 Å². The van der Waals surface area contributed by atoms with Gasteiger partial charge in [-0.25, -0.2) is 9.37 Å². The molecule has 2 aromatic carbocycles. The number of aromatic nitrogens is 2. The van der Waals surface area contributed by atoms with Crippen molar-refractivity contribution in [2.45, 2.75) is 53.0 Å². The van der Waals surface area contributed by atoms with Crippen LogP contribution < -0.4 is 10.9 Å². The van der Waals surface area contributed by atoms with E-state index < -0.39 is 5.82 Å². The third-order valence-electron chi connectivity index (χ3n) is 6.74. The van der Waals surface area contributed by atoms with E-state index in [0.29, 0.717) is 41.4 Å². The summed E-state index contributed by atoms with van der Waals surface area (Å²) in [6, 6.07) is 11.5. The van der Waals surface area contributed by atoms with E-state index in [1.165, 1.54) is 11.6 Å². The summed E-state index contributed by atoms with van der Waals surface area (Å²) in [4.78, 5) is 20.3. The van der Waals surface area contributed by atoms with Crippen molar-refractivity contribution in [3.05, 3.63) is 69.5 Å². The monoisotopic (exact) mass is 462 g/mol. The highest BCUT2D eigenvalue weighted by Crippen LogP contribution is 2.29. The number of benzene rings is 2. The molecule has 1 aliphatic rings. The first-order valence-corrected chi connectivity index (χ1v) is 12.4. The maximum absolute atomic E-state index is 14.8. The predicted molar refractivity (Wildman–Crippen MR) is 140 cm³/mol. The van der Waals surface area contributed by atoms with Gasteiger partial charge in [0.2, 0.25) is 0 Å². The minimum Gasteiger partial charge on any atom is -0.383 e. The fourth-order valence-corrected chi connectivity index (χ4v) is 4.55. The second kappa shape index (κ2) is 10.5. The predicted octanol–water partition coefficient (Wildman–Crippen LogP) is 5.75. The van der Waals surface area contributed by atoms with Crippen LogP contribution in [0, 0.1) is 5.82 Å². The standard InChI is InChI=1S/C28H35FN4O/c1-5-32(6-2)14-7-13-30-26-18-25-23(17-24(26)29)28(34)33-15-12-22(27(33)31-25)16-20-8-10-21(11-9-20)19(3)4/h8-11,16-19,30H,5-7,12-15H2,1-4H3. The number of hydrogen-bond acceptors (Lipinski definition) is 4. The summed E-state index contributed by atoms with van der Waals surface area (Å²) in [5, 5.41) is 3.53. The van der Waals surface area contributed by atoms with Gasteiger partial charge < -0.3 is 10.2 Å². The van der Waals surface area contributed by atoms with Gasteiger partial charge in [0.05, 0.1) is 16.6 Å². The molecule has 0 spiro atoms. The van der Waals surface area contributed by atoms with Crippen molar-refractivity contribution >= 4 is 28.2 Å². The Hall–Kier alpha value is -2.99. The molecular weight excluding hydrogens is 427 g/mol. The van der Waals surface area contributed by atoms with Crippen molar-refractivity contribution in [3.8, 4) is 0 Å². The maximum Gasteiger partial charge on any atom is 0.261 e. The summed E-state index contributed by atoms with van der Waals surface area (Å²) in [6.45, 7) is 12.9. The van der Waals surface area contributed by atoms with Crippen molar-refractivity contribution in [2.24, 2.45) is 0 Å². The average molecular weight is 463 g/mol. The molecule has 1 N–H and O–H groups in total. The molecule has 0 fully saturated rings. The first-order valence-electron chi connectivity index (χ1n) is 12.4. The lowest BCUT2D eigenvalue weighted by atomic mass is 10.0. The fourth-order valence-electron chi connectivity index (χ4n) is 4.55. The molecule has 3 aromatic rings. The molecule has 0 atom stereocenters. The molecule has 1 aromatic heterocycles. The molecule has 0 radical (unpaired) electrons. The highest BCUT2D eigenvalue weighted by atomic mass is 19.1. The smallest absolute Gasteiger partial charge is 0.261 e. The number of nitrogens with one attached hydrogen (secondary N) is 1. The van der Waals surface area contributed by atoms with E-state index in [4.69, 9.17) is 4.98 Å². The maximum atomic E-state index is 14.8. The number of rotatable bonds is 9.